The van der Waals surface area contributed by atoms with E-state index in [9.17, 15) is 4.79 Å². The molecule has 4 nitrogen and oxygen atoms in total. The van der Waals surface area contributed by atoms with Crippen molar-refractivity contribution in [1.82, 2.24) is 14.6 Å². The van der Waals surface area contributed by atoms with Gasteiger partial charge in [-0.3, -0.25) is 4.79 Å². The van der Waals surface area contributed by atoms with Crippen molar-refractivity contribution in [3.8, 4) is 11.3 Å². The maximum atomic E-state index is 13.8. The Morgan fingerprint density at radius 1 is 0.839 bits per heavy atom. The van der Waals surface area contributed by atoms with Crippen LogP contribution in [-0.4, -0.2) is 41.4 Å². The third-order valence-electron chi connectivity index (χ3n) is 5.83. The van der Waals surface area contributed by atoms with Crippen LogP contribution in [0.15, 0.2) is 85.1 Å². The largest absolute Gasteiger partial charge is 0.336 e. The molecule has 5 rings (SSSR count). The first-order chi connectivity index (χ1) is 14.8. The number of nitrogens with zero attached hydrogens (tertiary/aromatic N) is 2. The van der Waals surface area contributed by atoms with E-state index < -0.39 is 0 Å². The molecule has 5 heteroatoms. The standard InChI is InChI=1S/C26H25N3O.ClH/c30-26(28-17-14-27-15-18-28)24-22(19-20-9-3-1-4-10-20)25(21-11-5-2-6-12-21)29-16-8-7-13-23(24)29;/h1-13,16,27H,14-15,17-19H2;1H. The van der Waals surface area contributed by atoms with Crippen molar-refractivity contribution in [2.75, 3.05) is 26.2 Å². The highest BCUT2D eigenvalue weighted by Gasteiger charge is 2.28. The highest BCUT2D eigenvalue weighted by molar-refractivity contribution is 6.05. The molecule has 2 aromatic heterocycles. The van der Waals surface area contributed by atoms with Gasteiger partial charge in [0.25, 0.3) is 5.91 Å². The lowest BCUT2D eigenvalue weighted by Crippen LogP contribution is -2.46. The average molecular weight is 432 g/mol. The van der Waals surface area contributed by atoms with Gasteiger partial charge in [0.2, 0.25) is 0 Å². The first kappa shape index (κ1) is 21.2. The van der Waals surface area contributed by atoms with Gasteiger partial charge in [0, 0.05) is 38.8 Å². The normalized spacial score (nSPS) is 13.7. The monoisotopic (exact) mass is 431 g/mol. The molecule has 1 aliphatic heterocycles. The number of nitrogens with one attached hydrogen (secondary N) is 1. The summed E-state index contributed by atoms with van der Waals surface area (Å²) in [6.07, 6.45) is 2.79. The first-order valence-corrected chi connectivity index (χ1v) is 10.5. The Balaban J connectivity index is 0.00000231. The molecule has 0 aliphatic carbocycles. The van der Waals surface area contributed by atoms with Crippen LogP contribution in [0.3, 0.4) is 0 Å². The van der Waals surface area contributed by atoms with Gasteiger partial charge in [0.05, 0.1) is 16.8 Å². The summed E-state index contributed by atoms with van der Waals surface area (Å²) in [5.74, 6) is 0.133. The van der Waals surface area contributed by atoms with Gasteiger partial charge in [-0.15, -0.1) is 12.4 Å². The molecule has 0 radical (unpaired) electrons. The predicted octanol–water partition coefficient (Wildman–Crippen LogP) is 4.66. The summed E-state index contributed by atoms with van der Waals surface area (Å²) < 4.78 is 2.18. The van der Waals surface area contributed by atoms with Crippen molar-refractivity contribution in [2.24, 2.45) is 0 Å². The fourth-order valence-electron chi connectivity index (χ4n) is 4.41. The van der Waals surface area contributed by atoms with Crippen molar-refractivity contribution < 1.29 is 4.79 Å². The zero-order valence-electron chi connectivity index (χ0n) is 17.3. The molecule has 31 heavy (non-hydrogen) atoms. The van der Waals surface area contributed by atoms with Crippen LogP contribution in [0.5, 0.6) is 0 Å². The maximum Gasteiger partial charge on any atom is 0.256 e. The molecule has 1 saturated heterocycles. The van der Waals surface area contributed by atoms with Crippen LogP contribution >= 0.6 is 12.4 Å². The average Bonchev–Trinajstić information content (AvgIpc) is 3.14. The number of fused-ring (bicyclic) bond motifs is 1. The highest BCUT2D eigenvalue weighted by Crippen LogP contribution is 2.34. The molecule has 3 heterocycles. The Labute approximate surface area is 188 Å². The van der Waals surface area contributed by atoms with Crippen LogP contribution in [-0.2, 0) is 6.42 Å². The van der Waals surface area contributed by atoms with E-state index in [0.29, 0.717) is 0 Å². The van der Waals surface area contributed by atoms with Gasteiger partial charge in [0.1, 0.15) is 0 Å². The third-order valence-corrected chi connectivity index (χ3v) is 5.83. The molecular weight excluding hydrogens is 406 g/mol. The molecule has 0 spiro atoms. The number of carbonyl (C=O) groups is 1. The van der Waals surface area contributed by atoms with Gasteiger partial charge >= 0.3 is 0 Å². The molecule has 1 N–H and O–H groups in total. The number of pyridine rings is 1. The van der Waals surface area contributed by atoms with Gasteiger partial charge in [0.15, 0.2) is 0 Å². The Kier molecular flexibility index (Phi) is 6.40. The zero-order chi connectivity index (χ0) is 20.3. The molecular formula is C26H26ClN3O. The van der Waals surface area contributed by atoms with Crippen LogP contribution in [0.25, 0.3) is 16.8 Å². The van der Waals surface area contributed by atoms with E-state index in [1.54, 1.807) is 0 Å². The summed E-state index contributed by atoms with van der Waals surface area (Å²) in [4.78, 5) is 15.7. The number of aromatic nitrogens is 1. The minimum atomic E-state index is 0. The molecule has 0 atom stereocenters. The Morgan fingerprint density at radius 3 is 2.19 bits per heavy atom. The Morgan fingerprint density at radius 2 is 1.48 bits per heavy atom. The fourth-order valence-corrected chi connectivity index (χ4v) is 4.41. The van der Waals surface area contributed by atoms with Crippen LogP contribution in [0.1, 0.15) is 21.5 Å². The minimum absolute atomic E-state index is 0. The van der Waals surface area contributed by atoms with Crippen molar-refractivity contribution in [1.29, 1.82) is 0 Å². The predicted molar refractivity (Wildman–Crippen MR) is 128 cm³/mol. The highest BCUT2D eigenvalue weighted by atomic mass is 35.5. The van der Waals surface area contributed by atoms with E-state index in [1.165, 1.54) is 5.56 Å². The van der Waals surface area contributed by atoms with Crippen LogP contribution < -0.4 is 5.32 Å². The number of amides is 1. The van der Waals surface area contributed by atoms with E-state index in [0.717, 1.165) is 60.5 Å². The smallest absolute Gasteiger partial charge is 0.256 e. The van der Waals surface area contributed by atoms with Crippen molar-refractivity contribution >= 4 is 23.8 Å². The van der Waals surface area contributed by atoms with Crippen LogP contribution in [0, 0.1) is 0 Å². The molecule has 1 aliphatic rings. The zero-order valence-corrected chi connectivity index (χ0v) is 18.1. The number of piperazine rings is 1. The summed E-state index contributed by atoms with van der Waals surface area (Å²) >= 11 is 0. The minimum Gasteiger partial charge on any atom is -0.336 e. The second-order valence-corrected chi connectivity index (χ2v) is 7.73. The van der Waals surface area contributed by atoms with Gasteiger partial charge < -0.3 is 14.6 Å². The van der Waals surface area contributed by atoms with Crippen LogP contribution in [0.4, 0.5) is 0 Å². The Bertz CT molecular complexity index is 1170. The lowest BCUT2D eigenvalue weighted by atomic mass is 9.96. The number of benzene rings is 2. The topological polar surface area (TPSA) is 36.8 Å². The number of halogens is 1. The van der Waals surface area contributed by atoms with Gasteiger partial charge in [-0.25, -0.2) is 0 Å². The van der Waals surface area contributed by atoms with Gasteiger partial charge in [-0.05, 0) is 28.8 Å². The summed E-state index contributed by atoms with van der Waals surface area (Å²) in [7, 11) is 0. The lowest BCUT2D eigenvalue weighted by Gasteiger charge is -2.27. The number of hydrogen-bond donors (Lipinski definition) is 1. The molecule has 0 saturated carbocycles. The third kappa shape index (κ3) is 4.09. The molecule has 2 aromatic carbocycles. The molecule has 158 valence electrons. The number of hydrogen-bond acceptors (Lipinski definition) is 2. The fraction of sp³-hybridized carbons (Fsp3) is 0.192. The van der Waals surface area contributed by atoms with E-state index in [-0.39, 0.29) is 18.3 Å². The molecule has 1 amide bonds. The first-order valence-electron chi connectivity index (χ1n) is 10.5. The molecule has 0 unspecified atom stereocenters. The quantitative estimate of drug-likeness (QED) is 0.510. The second-order valence-electron chi connectivity index (χ2n) is 7.73. The molecule has 1 fully saturated rings. The summed E-state index contributed by atoms with van der Waals surface area (Å²) in [6.45, 7) is 3.18. The molecule has 0 bridgehead atoms. The summed E-state index contributed by atoms with van der Waals surface area (Å²) in [5, 5.41) is 3.34. The van der Waals surface area contributed by atoms with E-state index in [4.69, 9.17) is 0 Å². The summed E-state index contributed by atoms with van der Waals surface area (Å²) in [5.41, 5.74) is 6.35. The van der Waals surface area contributed by atoms with E-state index >= 15 is 0 Å². The maximum absolute atomic E-state index is 13.8. The van der Waals surface area contributed by atoms with E-state index in [2.05, 4.69) is 70.5 Å². The lowest BCUT2D eigenvalue weighted by molar-refractivity contribution is 0.0737. The number of rotatable bonds is 4. The van der Waals surface area contributed by atoms with Crippen LogP contribution in [0.2, 0.25) is 0 Å². The number of carbonyl (C=O) groups excluding carboxylic acids is 1. The van der Waals surface area contributed by atoms with Gasteiger partial charge in [-0.1, -0.05) is 66.7 Å². The Hall–Kier alpha value is -3.08. The van der Waals surface area contributed by atoms with E-state index in [1.807, 2.05) is 29.2 Å². The second kappa shape index (κ2) is 9.38. The van der Waals surface area contributed by atoms with Gasteiger partial charge in [-0.2, -0.15) is 0 Å². The SMILES string of the molecule is Cl.O=C(c1c(Cc2ccccc2)c(-c2ccccc2)n2ccccc12)N1CCNCC1. The van der Waals surface area contributed by atoms with Crippen molar-refractivity contribution in [2.45, 2.75) is 6.42 Å². The summed E-state index contributed by atoms with van der Waals surface area (Å²) in [6, 6.07) is 26.9. The molecule has 4 aromatic rings. The van der Waals surface area contributed by atoms with Crippen molar-refractivity contribution in [3.63, 3.8) is 0 Å². The van der Waals surface area contributed by atoms with Crippen molar-refractivity contribution in [3.05, 3.63) is 102 Å².